The van der Waals surface area contributed by atoms with Crippen LogP contribution in [0.15, 0.2) is 0 Å². The Hall–Kier alpha value is -1.35. The molecule has 1 rings (SSSR count). The van der Waals surface area contributed by atoms with Crippen LogP contribution in [0, 0.1) is 5.92 Å². The highest BCUT2D eigenvalue weighted by atomic mass is 32.2. The van der Waals surface area contributed by atoms with Crippen LogP contribution in [-0.4, -0.2) is 59.0 Å². The molecular weight excluding hydrogens is 278 g/mol. The molecule has 110 valence electrons. The molecule has 0 saturated carbocycles. The topological polar surface area (TPSA) is 121 Å². The van der Waals surface area contributed by atoms with Gasteiger partial charge in [0.1, 0.15) is 10.9 Å². The van der Waals surface area contributed by atoms with Crippen LogP contribution in [0.25, 0.3) is 0 Å². The van der Waals surface area contributed by atoms with Crippen molar-refractivity contribution in [3.05, 3.63) is 0 Å². The molecule has 1 heterocycles. The highest BCUT2D eigenvalue weighted by Gasteiger charge is 2.47. The first kappa shape index (κ1) is 15.7. The van der Waals surface area contributed by atoms with Gasteiger partial charge in [0.2, 0.25) is 0 Å². The van der Waals surface area contributed by atoms with Crippen LogP contribution < -0.4 is 0 Å². The number of amides is 1. The number of aliphatic carboxylic acids is 1. The average molecular weight is 295 g/mol. The second-order valence-corrected chi connectivity index (χ2v) is 7.02. The fourth-order valence-corrected chi connectivity index (χ4v) is 2.77. The maximum Gasteiger partial charge on any atom is 0.410 e. The minimum atomic E-state index is -4.54. The molecule has 0 aromatic carbocycles. The minimum absolute atomic E-state index is 0.311. The van der Waals surface area contributed by atoms with E-state index in [-0.39, 0.29) is 6.54 Å². The van der Waals surface area contributed by atoms with E-state index < -0.39 is 45.5 Å². The van der Waals surface area contributed by atoms with E-state index in [9.17, 15) is 18.0 Å². The van der Waals surface area contributed by atoms with Crippen molar-refractivity contribution in [2.75, 3.05) is 13.1 Å². The highest BCUT2D eigenvalue weighted by Crippen LogP contribution is 2.25. The van der Waals surface area contributed by atoms with Gasteiger partial charge in [-0.2, -0.15) is 8.42 Å². The molecule has 1 amide bonds. The second-order valence-electron chi connectivity index (χ2n) is 5.38. The highest BCUT2D eigenvalue weighted by molar-refractivity contribution is 7.86. The number of carbonyl (C=O) groups excluding carboxylic acids is 1. The summed E-state index contributed by atoms with van der Waals surface area (Å²) in [5, 5.41) is 7.39. The lowest BCUT2D eigenvalue weighted by molar-refractivity contribution is -0.141. The number of carbonyl (C=O) groups is 2. The van der Waals surface area contributed by atoms with Gasteiger partial charge < -0.3 is 14.7 Å². The standard InChI is InChI=1S/C10H17NO7S/c1-10(2,3)18-9(14)11-4-6(8(12)13)7(5-11)19(15,16)17/h6-7H,4-5H2,1-3H3,(H,12,13)(H,15,16,17). The summed E-state index contributed by atoms with van der Waals surface area (Å²) in [7, 11) is -4.54. The molecule has 0 aromatic rings. The third kappa shape index (κ3) is 4.06. The van der Waals surface area contributed by atoms with E-state index >= 15 is 0 Å². The number of carboxylic acid groups (broad SMARTS) is 1. The van der Waals surface area contributed by atoms with Crippen molar-refractivity contribution in [3.8, 4) is 0 Å². The molecule has 2 N–H and O–H groups in total. The first-order valence-corrected chi connectivity index (χ1v) is 7.09. The molecule has 1 aliphatic rings. The van der Waals surface area contributed by atoms with Crippen molar-refractivity contribution in [3.63, 3.8) is 0 Å². The molecule has 1 saturated heterocycles. The monoisotopic (exact) mass is 295 g/mol. The largest absolute Gasteiger partial charge is 0.481 e. The summed E-state index contributed by atoms with van der Waals surface area (Å²) >= 11 is 0. The maximum atomic E-state index is 11.7. The van der Waals surface area contributed by atoms with Crippen LogP contribution in [0.4, 0.5) is 4.79 Å². The van der Waals surface area contributed by atoms with Crippen molar-refractivity contribution in [1.82, 2.24) is 4.90 Å². The third-order valence-electron chi connectivity index (χ3n) is 2.62. The van der Waals surface area contributed by atoms with Crippen LogP contribution >= 0.6 is 0 Å². The van der Waals surface area contributed by atoms with Crippen molar-refractivity contribution < 1.29 is 32.4 Å². The quantitative estimate of drug-likeness (QED) is 0.697. The predicted octanol–water partition coefficient (Wildman–Crippen LogP) is 0.194. The number of hydrogen-bond donors (Lipinski definition) is 2. The van der Waals surface area contributed by atoms with Crippen LogP contribution in [-0.2, 0) is 19.6 Å². The lowest BCUT2D eigenvalue weighted by Crippen LogP contribution is -2.36. The lowest BCUT2D eigenvalue weighted by Gasteiger charge is -2.24. The van der Waals surface area contributed by atoms with Gasteiger partial charge in [-0.05, 0) is 20.8 Å². The summed E-state index contributed by atoms with van der Waals surface area (Å²) in [4.78, 5) is 23.7. The van der Waals surface area contributed by atoms with Crippen molar-refractivity contribution >= 4 is 22.2 Å². The van der Waals surface area contributed by atoms with E-state index in [4.69, 9.17) is 14.4 Å². The van der Waals surface area contributed by atoms with Crippen molar-refractivity contribution in [1.29, 1.82) is 0 Å². The SMILES string of the molecule is CC(C)(C)OC(=O)N1CC(C(=O)O)C(S(=O)(=O)O)C1. The zero-order valence-electron chi connectivity index (χ0n) is 10.9. The molecule has 1 fully saturated rings. The van der Waals surface area contributed by atoms with E-state index in [1.54, 1.807) is 20.8 Å². The molecule has 0 bridgehead atoms. The molecule has 0 aromatic heterocycles. The van der Waals surface area contributed by atoms with Crippen molar-refractivity contribution in [2.45, 2.75) is 31.6 Å². The summed E-state index contributed by atoms with van der Waals surface area (Å²) in [6, 6.07) is 0. The van der Waals surface area contributed by atoms with E-state index in [2.05, 4.69) is 0 Å². The van der Waals surface area contributed by atoms with E-state index in [0.717, 1.165) is 4.90 Å². The predicted molar refractivity (Wildman–Crippen MR) is 64.3 cm³/mol. The first-order chi connectivity index (χ1) is 8.42. The molecule has 19 heavy (non-hydrogen) atoms. The van der Waals surface area contributed by atoms with Gasteiger partial charge in [-0.3, -0.25) is 9.35 Å². The summed E-state index contributed by atoms with van der Waals surface area (Å²) in [5.41, 5.74) is -0.772. The Kier molecular flexibility index (Phi) is 4.11. The Morgan fingerprint density at radius 1 is 1.26 bits per heavy atom. The van der Waals surface area contributed by atoms with Crippen LogP contribution in [0.1, 0.15) is 20.8 Å². The first-order valence-electron chi connectivity index (χ1n) is 5.59. The average Bonchev–Trinajstić information content (AvgIpc) is 2.57. The molecular formula is C10H17NO7S. The summed E-state index contributed by atoms with van der Waals surface area (Å²) in [6.45, 7) is 4.20. The molecule has 1 aliphatic heterocycles. The minimum Gasteiger partial charge on any atom is -0.481 e. The van der Waals surface area contributed by atoms with Gasteiger partial charge in [0.05, 0.1) is 5.92 Å². The van der Waals surface area contributed by atoms with Crippen molar-refractivity contribution in [2.24, 2.45) is 5.92 Å². The number of hydrogen-bond acceptors (Lipinski definition) is 5. The zero-order valence-corrected chi connectivity index (χ0v) is 11.7. The number of rotatable bonds is 2. The van der Waals surface area contributed by atoms with E-state index in [0.29, 0.717) is 0 Å². The van der Waals surface area contributed by atoms with Gasteiger partial charge in [0.15, 0.2) is 0 Å². The molecule has 8 nitrogen and oxygen atoms in total. The number of likely N-dealkylation sites (tertiary alicyclic amines) is 1. The Balaban J connectivity index is 2.87. The van der Waals surface area contributed by atoms with E-state index in [1.165, 1.54) is 0 Å². The normalized spacial score (nSPS) is 24.3. The van der Waals surface area contributed by atoms with Gasteiger partial charge >= 0.3 is 12.1 Å². The zero-order chi connectivity index (χ0) is 15.0. The van der Waals surface area contributed by atoms with Crippen LogP contribution in [0.2, 0.25) is 0 Å². The van der Waals surface area contributed by atoms with Crippen LogP contribution in [0.5, 0.6) is 0 Å². The Morgan fingerprint density at radius 3 is 2.11 bits per heavy atom. The maximum absolute atomic E-state index is 11.7. The van der Waals surface area contributed by atoms with Gasteiger partial charge in [-0.25, -0.2) is 4.79 Å². The van der Waals surface area contributed by atoms with Gasteiger partial charge in [0.25, 0.3) is 10.1 Å². The summed E-state index contributed by atoms with van der Waals surface area (Å²) in [6.07, 6.45) is -0.801. The van der Waals surface area contributed by atoms with Crippen LogP contribution in [0.3, 0.4) is 0 Å². The molecule has 2 atom stereocenters. The number of nitrogens with zero attached hydrogens (tertiary/aromatic N) is 1. The molecule has 9 heteroatoms. The Bertz CT molecular complexity index is 479. The fourth-order valence-electron chi connectivity index (χ4n) is 1.79. The van der Waals surface area contributed by atoms with Gasteiger partial charge in [0, 0.05) is 13.1 Å². The Labute approximate surface area is 111 Å². The summed E-state index contributed by atoms with van der Waals surface area (Å²) < 4.78 is 36.3. The molecule has 2 unspecified atom stereocenters. The Morgan fingerprint density at radius 2 is 1.79 bits per heavy atom. The lowest BCUT2D eigenvalue weighted by atomic mass is 10.1. The molecule has 0 spiro atoms. The number of carboxylic acids is 1. The van der Waals surface area contributed by atoms with Gasteiger partial charge in [-0.15, -0.1) is 0 Å². The smallest absolute Gasteiger partial charge is 0.410 e. The molecule has 0 radical (unpaired) electrons. The van der Waals surface area contributed by atoms with E-state index in [1.807, 2.05) is 0 Å². The third-order valence-corrected chi connectivity index (χ3v) is 3.86. The molecule has 0 aliphatic carbocycles. The summed E-state index contributed by atoms with van der Waals surface area (Å²) in [5.74, 6) is -2.74. The second kappa shape index (κ2) is 4.97. The number of ether oxygens (including phenoxy) is 1. The fraction of sp³-hybridized carbons (Fsp3) is 0.800. The van der Waals surface area contributed by atoms with Gasteiger partial charge in [-0.1, -0.05) is 0 Å².